The number of carbonyl (C=O) groups is 1. The molecule has 7 nitrogen and oxygen atoms in total. The minimum Gasteiger partial charge on any atom is -0.493 e. The number of carbonyl (C=O) groups excluding carboxylic acids is 1. The fourth-order valence-electron chi connectivity index (χ4n) is 3.46. The van der Waals surface area contributed by atoms with Gasteiger partial charge in [0.25, 0.3) is 5.91 Å². The van der Waals surface area contributed by atoms with Gasteiger partial charge in [-0.3, -0.25) is 9.69 Å². The van der Waals surface area contributed by atoms with Crippen molar-refractivity contribution in [3.8, 4) is 11.5 Å². The van der Waals surface area contributed by atoms with E-state index >= 15 is 0 Å². The van der Waals surface area contributed by atoms with Gasteiger partial charge in [-0.05, 0) is 44.1 Å². The maximum Gasteiger partial charge on any atom is 0.251 e. The lowest BCUT2D eigenvalue weighted by molar-refractivity contribution is 0.0916. The van der Waals surface area contributed by atoms with Crippen molar-refractivity contribution in [2.75, 3.05) is 46.6 Å². The predicted molar refractivity (Wildman–Crippen MR) is 94.2 cm³/mol. The van der Waals surface area contributed by atoms with Crippen molar-refractivity contribution in [2.45, 2.75) is 24.9 Å². The fraction of sp³-hybridized carbons (Fsp3) is 0.611. The van der Waals surface area contributed by atoms with Crippen LogP contribution in [0, 0.1) is 0 Å². The predicted octanol–water partition coefficient (Wildman–Crippen LogP) is 0.626. The highest BCUT2D eigenvalue weighted by atomic mass is 16.5. The summed E-state index contributed by atoms with van der Waals surface area (Å²) in [5, 5.41) is 3.11. The van der Waals surface area contributed by atoms with Crippen molar-refractivity contribution in [1.29, 1.82) is 0 Å². The second-order valence-corrected chi connectivity index (χ2v) is 6.43. The Balaban J connectivity index is 1.66. The molecule has 0 aliphatic carbocycles. The molecule has 0 radical (unpaired) electrons. The molecule has 1 aromatic rings. The molecule has 1 amide bonds. The van der Waals surface area contributed by atoms with E-state index in [4.69, 9.17) is 19.9 Å². The molecule has 2 saturated heterocycles. The first-order valence-corrected chi connectivity index (χ1v) is 8.86. The van der Waals surface area contributed by atoms with Crippen LogP contribution in [-0.2, 0) is 4.74 Å². The Labute approximate surface area is 148 Å². The van der Waals surface area contributed by atoms with Crippen LogP contribution < -0.4 is 20.5 Å². The van der Waals surface area contributed by atoms with Crippen LogP contribution in [0.3, 0.4) is 0 Å². The van der Waals surface area contributed by atoms with Crippen molar-refractivity contribution in [3.63, 3.8) is 0 Å². The van der Waals surface area contributed by atoms with Crippen LogP contribution in [0.4, 0.5) is 0 Å². The first kappa shape index (κ1) is 18.0. The minimum absolute atomic E-state index is 0.0183. The standard InChI is InChI=1S/C18H27N3O4/c1-23-17-10-13(4-5-16(17)25-9-6-19)18(22)20-14-11-24-12-15(14)21-7-2-3-8-21/h4-5,10,14-15H,2-3,6-9,11-12,19H2,1H3,(H,20,22)/t14-,15-/m0/s1. The number of ether oxygens (including phenoxy) is 3. The number of benzene rings is 1. The van der Waals surface area contributed by atoms with E-state index in [0.29, 0.717) is 43.4 Å². The van der Waals surface area contributed by atoms with Crippen molar-refractivity contribution in [3.05, 3.63) is 23.8 Å². The Morgan fingerprint density at radius 2 is 2.12 bits per heavy atom. The molecule has 7 heteroatoms. The number of hydrogen-bond donors (Lipinski definition) is 2. The van der Waals surface area contributed by atoms with Crippen LogP contribution in [0.1, 0.15) is 23.2 Å². The number of nitrogens with one attached hydrogen (secondary N) is 1. The number of hydrogen-bond acceptors (Lipinski definition) is 6. The second kappa shape index (κ2) is 8.51. The molecule has 2 aliphatic heterocycles. The first-order chi connectivity index (χ1) is 12.2. The molecule has 1 aromatic carbocycles. The van der Waals surface area contributed by atoms with Crippen LogP contribution in [0.5, 0.6) is 11.5 Å². The van der Waals surface area contributed by atoms with Gasteiger partial charge in [-0.25, -0.2) is 0 Å². The van der Waals surface area contributed by atoms with Gasteiger partial charge in [0.15, 0.2) is 11.5 Å². The van der Waals surface area contributed by atoms with E-state index in [1.807, 2.05) is 0 Å². The molecule has 138 valence electrons. The lowest BCUT2D eigenvalue weighted by Crippen LogP contribution is -2.50. The normalized spacial score (nSPS) is 23.6. The van der Waals surface area contributed by atoms with Gasteiger partial charge in [0.05, 0.1) is 32.4 Å². The smallest absolute Gasteiger partial charge is 0.251 e. The molecule has 0 spiro atoms. The Morgan fingerprint density at radius 1 is 1.32 bits per heavy atom. The summed E-state index contributed by atoms with van der Waals surface area (Å²) in [5.74, 6) is 0.992. The molecule has 3 rings (SSSR count). The molecular weight excluding hydrogens is 322 g/mol. The zero-order valence-electron chi connectivity index (χ0n) is 14.7. The zero-order valence-corrected chi connectivity index (χ0v) is 14.7. The Hall–Kier alpha value is -1.83. The molecule has 3 N–H and O–H groups in total. The van der Waals surface area contributed by atoms with E-state index in [1.54, 1.807) is 25.3 Å². The van der Waals surface area contributed by atoms with Gasteiger partial charge >= 0.3 is 0 Å². The summed E-state index contributed by atoms with van der Waals surface area (Å²) in [4.78, 5) is 15.1. The van der Waals surface area contributed by atoms with Crippen LogP contribution in [-0.4, -0.2) is 69.5 Å². The van der Waals surface area contributed by atoms with Crippen LogP contribution in [0.25, 0.3) is 0 Å². The van der Waals surface area contributed by atoms with E-state index in [1.165, 1.54) is 12.8 Å². The topological polar surface area (TPSA) is 86.0 Å². The van der Waals surface area contributed by atoms with Crippen LogP contribution in [0.2, 0.25) is 0 Å². The Morgan fingerprint density at radius 3 is 2.84 bits per heavy atom. The van der Waals surface area contributed by atoms with Gasteiger partial charge in [0.2, 0.25) is 0 Å². The van der Waals surface area contributed by atoms with Gasteiger partial charge in [-0.2, -0.15) is 0 Å². The van der Waals surface area contributed by atoms with E-state index in [-0.39, 0.29) is 18.0 Å². The first-order valence-electron chi connectivity index (χ1n) is 8.86. The summed E-state index contributed by atoms with van der Waals surface area (Å²) in [6, 6.07) is 5.46. The Bertz CT molecular complexity index is 590. The van der Waals surface area contributed by atoms with Crippen molar-refractivity contribution >= 4 is 5.91 Å². The van der Waals surface area contributed by atoms with Crippen molar-refractivity contribution in [1.82, 2.24) is 10.2 Å². The molecule has 2 atom stereocenters. The average molecular weight is 349 g/mol. The van der Waals surface area contributed by atoms with E-state index < -0.39 is 0 Å². The number of methoxy groups -OCH3 is 1. The zero-order chi connectivity index (χ0) is 17.6. The molecule has 2 aliphatic rings. The Kier molecular flexibility index (Phi) is 6.12. The molecule has 0 unspecified atom stereocenters. The highest BCUT2D eigenvalue weighted by Gasteiger charge is 2.35. The maximum absolute atomic E-state index is 12.7. The minimum atomic E-state index is -0.122. The van der Waals surface area contributed by atoms with Gasteiger partial charge < -0.3 is 25.3 Å². The highest BCUT2D eigenvalue weighted by molar-refractivity contribution is 5.95. The summed E-state index contributed by atoms with van der Waals surface area (Å²) in [6.45, 7) is 4.23. The molecular formula is C18H27N3O4. The lowest BCUT2D eigenvalue weighted by Gasteiger charge is -2.28. The largest absolute Gasteiger partial charge is 0.493 e. The van der Waals surface area contributed by atoms with Gasteiger partial charge in [-0.1, -0.05) is 0 Å². The van der Waals surface area contributed by atoms with E-state index in [0.717, 1.165) is 13.1 Å². The fourth-order valence-corrected chi connectivity index (χ4v) is 3.46. The van der Waals surface area contributed by atoms with E-state index in [9.17, 15) is 4.79 Å². The maximum atomic E-state index is 12.7. The van der Waals surface area contributed by atoms with Gasteiger partial charge in [-0.15, -0.1) is 0 Å². The highest BCUT2D eigenvalue weighted by Crippen LogP contribution is 2.28. The summed E-state index contributed by atoms with van der Waals surface area (Å²) in [7, 11) is 1.56. The summed E-state index contributed by atoms with van der Waals surface area (Å²) in [5.41, 5.74) is 6.00. The quantitative estimate of drug-likeness (QED) is 0.751. The van der Waals surface area contributed by atoms with Gasteiger partial charge in [0, 0.05) is 12.1 Å². The summed E-state index contributed by atoms with van der Waals surface area (Å²) in [6.07, 6.45) is 2.44. The number of nitrogens with two attached hydrogens (primary N) is 1. The number of rotatable bonds is 7. The van der Waals surface area contributed by atoms with Gasteiger partial charge in [0.1, 0.15) is 6.61 Å². The summed E-state index contributed by atoms with van der Waals surface area (Å²) < 4.78 is 16.5. The molecule has 2 heterocycles. The third kappa shape index (κ3) is 4.23. The monoisotopic (exact) mass is 349 g/mol. The van der Waals surface area contributed by atoms with Crippen LogP contribution in [0.15, 0.2) is 18.2 Å². The number of nitrogens with zero attached hydrogens (tertiary/aromatic N) is 1. The number of likely N-dealkylation sites (tertiary alicyclic amines) is 1. The van der Waals surface area contributed by atoms with E-state index in [2.05, 4.69) is 10.2 Å². The summed E-state index contributed by atoms with van der Waals surface area (Å²) >= 11 is 0. The third-order valence-electron chi connectivity index (χ3n) is 4.78. The SMILES string of the molecule is COc1cc(C(=O)N[C@H]2COC[C@@H]2N2CCCC2)ccc1OCCN. The third-order valence-corrected chi connectivity index (χ3v) is 4.78. The second-order valence-electron chi connectivity index (χ2n) is 6.43. The molecule has 25 heavy (non-hydrogen) atoms. The molecule has 2 fully saturated rings. The van der Waals surface area contributed by atoms with Crippen LogP contribution >= 0.6 is 0 Å². The number of amides is 1. The van der Waals surface area contributed by atoms with Crippen molar-refractivity contribution < 1.29 is 19.0 Å². The average Bonchev–Trinajstić information content (AvgIpc) is 3.31. The van der Waals surface area contributed by atoms with Crippen molar-refractivity contribution in [2.24, 2.45) is 5.73 Å². The molecule has 0 saturated carbocycles. The molecule has 0 aromatic heterocycles. The lowest BCUT2D eigenvalue weighted by atomic mass is 10.1. The molecule has 0 bridgehead atoms.